The number of aromatic nitrogens is 1. The van der Waals surface area contributed by atoms with E-state index in [0.717, 1.165) is 53.9 Å². The summed E-state index contributed by atoms with van der Waals surface area (Å²) in [7, 11) is 0. The first kappa shape index (κ1) is 14.6. The molecule has 3 nitrogen and oxygen atoms in total. The second-order valence-electron chi connectivity index (χ2n) is 4.33. The van der Waals surface area contributed by atoms with Gasteiger partial charge in [-0.25, -0.2) is 4.98 Å². The lowest BCUT2D eigenvalue weighted by molar-refractivity contribution is 0.311. The molecule has 0 unspecified atom stereocenters. The Kier molecular flexibility index (Phi) is 5.73. The Morgan fingerprint density at radius 1 is 1.22 bits per heavy atom. The smallest absolute Gasteiger partial charge is 0.142 e. The van der Waals surface area contributed by atoms with Gasteiger partial charge in [0.1, 0.15) is 5.82 Å². The molecule has 2 heterocycles. The van der Waals surface area contributed by atoms with Gasteiger partial charge in [-0.1, -0.05) is 0 Å². The van der Waals surface area contributed by atoms with Crippen LogP contribution in [0.15, 0.2) is 21.2 Å². The van der Waals surface area contributed by atoms with Crippen molar-refractivity contribution in [2.45, 2.75) is 6.42 Å². The molecule has 2 rings (SSSR count). The van der Waals surface area contributed by atoms with Gasteiger partial charge in [-0.05, 0) is 50.9 Å². The third kappa shape index (κ3) is 3.83. The van der Waals surface area contributed by atoms with E-state index in [4.69, 9.17) is 11.6 Å². The fraction of sp³-hybridized carbons (Fsp3) is 0.583. The first-order valence-electron chi connectivity index (χ1n) is 6.05. The standard InChI is InChI=1S/C12H16Br2ClN3/c13-10-8-11(14)12(16-9-10)18-4-1-3-17(5-2-15)6-7-18/h8-9H,1-7H2. The van der Waals surface area contributed by atoms with Crippen LogP contribution in [0.25, 0.3) is 0 Å². The summed E-state index contributed by atoms with van der Waals surface area (Å²) in [6.07, 6.45) is 3.00. The zero-order valence-electron chi connectivity index (χ0n) is 10.1. The van der Waals surface area contributed by atoms with Crippen LogP contribution in [-0.4, -0.2) is 48.5 Å². The second kappa shape index (κ2) is 7.08. The van der Waals surface area contributed by atoms with Crippen LogP contribution in [0.5, 0.6) is 0 Å². The molecule has 0 aliphatic carbocycles. The van der Waals surface area contributed by atoms with Crippen LogP contribution in [0.3, 0.4) is 0 Å². The number of anilines is 1. The summed E-state index contributed by atoms with van der Waals surface area (Å²) in [5.74, 6) is 1.74. The fourth-order valence-corrected chi connectivity index (χ4v) is 3.64. The summed E-state index contributed by atoms with van der Waals surface area (Å²) < 4.78 is 2.04. The molecule has 0 N–H and O–H groups in total. The number of alkyl halides is 1. The molecule has 0 radical (unpaired) electrons. The maximum Gasteiger partial charge on any atom is 0.142 e. The van der Waals surface area contributed by atoms with Crippen molar-refractivity contribution in [3.05, 3.63) is 21.2 Å². The second-order valence-corrected chi connectivity index (χ2v) is 6.48. The first-order chi connectivity index (χ1) is 8.70. The number of rotatable bonds is 3. The van der Waals surface area contributed by atoms with E-state index < -0.39 is 0 Å². The maximum absolute atomic E-state index is 5.80. The Balaban J connectivity index is 2.05. The predicted molar refractivity (Wildman–Crippen MR) is 83.6 cm³/mol. The summed E-state index contributed by atoms with van der Waals surface area (Å²) in [4.78, 5) is 9.26. The highest BCUT2D eigenvalue weighted by atomic mass is 79.9. The van der Waals surface area contributed by atoms with E-state index in [-0.39, 0.29) is 0 Å². The Labute approximate surface area is 130 Å². The number of nitrogens with zero attached hydrogens (tertiary/aromatic N) is 3. The van der Waals surface area contributed by atoms with Crippen LogP contribution in [0.2, 0.25) is 0 Å². The Morgan fingerprint density at radius 3 is 2.78 bits per heavy atom. The highest BCUT2D eigenvalue weighted by Gasteiger charge is 2.17. The van der Waals surface area contributed by atoms with Crippen molar-refractivity contribution in [2.75, 3.05) is 43.5 Å². The quantitative estimate of drug-likeness (QED) is 0.729. The van der Waals surface area contributed by atoms with E-state index in [0.29, 0.717) is 5.88 Å². The molecule has 1 fully saturated rings. The van der Waals surface area contributed by atoms with Crippen molar-refractivity contribution in [3.8, 4) is 0 Å². The highest BCUT2D eigenvalue weighted by Crippen LogP contribution is 2.27. The maximum atomic E-state index is 5.80. The van der Waals surface area contributed by atoms with Crippen molar-refractivity contribution in [2.24, 2.45) is 0 Å². The Bertz CT molecular complexity index is 403. The number of hydrogen-bond acceptors (Lipinski definition) is 3. The van der Waals surface area contributed by atoms with Crippen LogP contribution < -0.4 is 4.90 Å². The topological polar surface area (TPSA) is 19.4 Å². The lowest BCUT2D eigenvalue weighted by atomic mass is 10.3. The van der Waals surface area contributed by atoms with E-state index in [1.807, 2.05) is 12.3 Å². The minimum Gasteiger partial charge on any atom is -0.354 e. The molecule has 18 heavy (non-hydrogen) atoms. The number of halogens is 3. The highest BCUT2D eigenvalue weighted by molar-refractivity contribution is 9.11. The first-order valence-corrected chi connectivity index (χ1v) is 8.17. The summed E-state index contributed by atoms with van der Waals surface area (Å²) in [5.41, 5.74) is 0. The van der Waals surface area contributed by atoms with Crippen molar-refractivity contribution in [1.82, 2.24) is 9.88 Å². The van der Waals surface area contributed by atoms with Gasteiger partial charge in [0, 0.05) is 42.7 Å². The summed E-state index contributed by atoms with van der Waals surface area (Å²) in [6.45, 7) is 5.20. The van der Waals surface area contributed by atoms with Gasteiger partial charge in [-0.3, -0.25) is 0 Å². The molecule has 0 bridgehead atoms. The molecule has 1 aromatic heterocycles. The molecule has 0 amide bonds. The molecule has 0 aromatic carbocycles. The third-order valence-corrected chi connectivity index (χ3v) is 4.26. The summed E-state index contributed by atoms with van der Waals surface area (Å²) in [6, 6.07) is 2.05. The Morgan fingerprint density at radius 2 is 2.06 bits per heavy atom. The van der Waals surface area contributed by atoms with E-state index in [9.17, 15) is 0 Å². The van der Waals surface area contributed by atoms with Crippen LogP contribution in [0.4, 0.5) is 5.82 Å². The van der Waals surface area contributed by atoms with E-state index in [1.54, 1.807) is 0 Å². The molecule has 100 valence electrons. The molecule has 1 saturated heterocycles. The average Bonchev–Trinajstić information content (AvgIpc) is 2.55. The van der Waals surface area contributed by atoms with Crippen molar-refractivity contribution < 1.29 is 0 Å². The molecular weight excluding hydrogens is 381 g/mol. The van der Waals surface area contributed by atoms with Gasteiger partial charge in [0.25, 0.3) is 0 Å². The number of pyridine rings is 1. The molecular formula is C12H16Br2ClN3. The average molecular weight is 398 g/mol. The zero-order valence-corrected chi connectivity index (χ0v) is 14.0. The number of hydrogen-bond donors (Lipinski definition) is 0. The van der Waals surface area contributed by atoms with Gasteiger partial charge in [0.05, 0.1) is 4.47 Å². The van der Waals surface area contributed by atoms with Gasteiger partial charge >= 0.3 is 0 Å². The summed E-state index contributed by atoms with van der Waals surface area (Å²) in [5, 5.41) is 0. The molecule has 6 heteroatoms. The molecule has 1 aromatic rings. The minimum atomic E-state index is 0.709. The van der Waals surface area contributed by atoms with Crippen molar-refractivity contribution >= 4 is 49.3 Å². The van der Waals surface area contributed by atoms with Gasteiger partial charge < -0.3 is 9.80 Å². The van der Waals surface area contributed by atoms with E-state index in [1.165, 1.54) is 0 Å². The van der Waals surface area contributed by atoms with Crippen molar-refractivity contribution in [3.63, 3.8) is 0 Å². The fourth-order valence-electron chi connectivity index (χ4n) is 2.17. The van der Waals surface area contributed by atoms with Gasteiger partial charge in [0.2, 0.25) is 0 Å². The van der Waals surface area contributed by atoms with Crippen LogP contribution in [-0.2, 0) is 0 Å². The van der Waals surface area contributed by atoms with E-state index in [2.05, 4.69) is 46.6 Å². The van der Waals surface area contributed by atoms with Gasteiger partial charge in [0.15, 0.2) is 0 Å². The molecule has 1 aliphatic rings. The monoisotopic (exact) mass is 395 g/mol. The molecule has 1 aliphatic heterocycles. The molecule has 0 saturated carbocycles. The SMILES string of the molecule is ClCCN1CCCN(c2ncc(Br)cc2Br)CC1. The minimum absolute atomic E-state index is 0.709. The van der Waals surface area contributed by atoms with Crippen LogP contribution >= 0.6 is 43.5 Å². The van der Waals surface area contributed by atoms with Crippen LogP contribution in [0.1, 0.15) is 6.42 Å². The van der Waals surface area contributed by atoms with Crippen LogP contribution in [0, 0.1) is 0 Å². The van der Waals surface area contributed by atoms with Gasteiger partial charge in [-0.2, -0.15) is 0 Å². The van der Waals surface area contributed by atoms with Gasteiger partial charge in [-0.15, -0.1) is 11.6 Å². The third-order valence-electron chi connectivity index (χ3n) is 3.08. The lowest BCUT2D eigenvalue weighted by Gasteiger charge is -2.23. The zero-order chi connectivity index (χ0) is 13.0. The Hall–Kier alpha value is 0.160. The lowest BCUT2D eigenvalue weighted by Crippen LogP contribution is -2.32. The molecule has 0 spiro atoms. The summed E-state index contributed by atoms with van der Waals surface area (Å²) >= 11 is 12.8. The van der Waals surface area contributed by atoms with Crippen molar-refractivity contribution in [1.29, 1.82) is 0 Å². The normalized spacial score (nSPS) is 17.8. The largest absolute Gasteiger partial charge is 0.354 e. The molecule has 0 atom stereocenters. The predicted octanol–water partition coefficient (Wildman–Crippen LogP) is 3.36. The van der Waals surface area contributed by atoms with E-state index >= 15 is 0 Å².